The van der Waals surface area contributed by atoms with E-state index in [4.69, 9.17) is 5.11 Å². The van der Waals surface area contributed by atoms with Gasteiger partial charge in [0, 0.05) is 46.6 Å². The summed E-state index contributed by atoms with van der Waals surface area (Å²) in [7, 11) is 1.32. The van der Waals surface area contributed by atoms with Gasteiger partial charge in [-0.1, -0.05) is 12.1 Å². The molecule has 6 rings (SSSR count). The summed E-state index contributed by atoms with van der Waals surface area (Å²) in [6.07, 6.45) is 6.27. The summed E-state index contributed by atoms with van der Waals surface area (Å²) in [4.78, 5) is 59.4. The number of esters is 1. The van der Waals surface area contributed by atoms with Crippen molar-refractivity contribution in [3.8, 4) is 0 Å². The first-order valence-electron chi connectivity index (χ1n) is 11.0. The maximum Gasteiger partial charge on any atom is 1.00 e. The molecule has 0 aliphatic heterocycles. The minimum absolute atomic E-state index is 0. The van der Waals surface area contributed by atoms with Gasteiger partial charge in [0.1, 0.15) is 0 Å². The Hall–Kier alpha value is -4.82. The number of carbonyl (C=O) groups is 2. The van der Waals surface area contributed by atoms with E-state index < -0.39 is 11.9 Å². The second-order valence-electron chi connectivity index (χ2n) is 8.07. The SMILES string of the molecule is COC(=O)c1ccc2c(c1)[nH]c(=O)c1cnccc12.O=C(O)c1ccc2c(c1)[nH]c(=O)c1cnccc12.[Li+].[OH-]. The predicted molar refractivity (Wildman–Crippen MR) is 140 cm³/mol. The van der Waals surface area contributed by atoms with Crippen LogP contribution in [-0.2, 0) is 4.74 Å². The molecule has 0 aliphatic rings. The number of aromatic amines is 2. The zero-order valence-electron chi connectivity index (χ0n) is 20.8. The van der Waals surface area contributed by atoms with Crippen molar-refractivity contribution in [2.45, 2.75) is 0 Å². The van der Waals surface area contributed by atoms with Gasteiger partial charge in [0.2, 0.25) is 0 Å². The van der Waals surface area contributed by atoms with E-state index in [2.05, 4.69) is 24.7 Å². The zero-order valence-corrected chi connectivity index (χ0v) is 20.8. The van der Waals surface area contributed by atoms with Crippen molar-refractivity contribution in [3.63, 3.8) is 0 Å². The minimum Gasteiger partial charge on any atom is -0.870 e. The van der Waals surface area contributed by atoms with Crippen molar-refractivity contribution >= 4 is 55.3 Å². The van der Waals surface area contributed by atoms with Gasteiger partial charge in [-0.25, -0.2) is 9.59 Å². The Kier molecular flexibility index (Phi) is 8.63. The van der Waals surface area contributed by atoms with Crippen LogP contribution in [0.4, 0.5) is 0 Å². The molecule has 0 aliphatic carbocycles. The van der Waals surface area contributed by atoms with Crippen LogP contribution in [0.3, 0.4) is 0 Å². The molecule has 0 unspecified atom stereocenters. The smallest absolute Gasteiger partial charge is 0.870 e. The van der Waals surface area contributed by atoms with Crippen LogP contribution in [0.1, 0.15) is 20.7 Å². The number of nitrogens with one attached hydrogen (secondary N) is 2. The summed E-state index contributed by atoms with van der Waals surface area (Å²) in [5.74, 6) is -1.45. The second-order valence-corrected chi connectivity index (χ2v) is 8.07. The number of carboxylic acids is 1. The number of pyridine rings is 4. The Bertz CT molecular complexity index is 1990. The quantitative estimate of drug-likeness (QED) is 0.166. The number of carboxylic acid groups (broad SMARTS) is 1. The molecule has 39 heavy (non-hydrogen) atoms. The molecule has 4 heterocycles. The van der Waals surface area contributed by atoms with Crippen LogP contribution in [0.2, 0.25) is 0 Å². The number of hydrogen-bond donors (Lipinski definition) is 3. The van der Waals surface area contributed by atoms with Crippen LogP contribution in [0.25, 0.3) is 43.4 Å². The van der Waals surface area contributed by atoms with E-state index in [1.807, 2.05) is 0 Å². The van der Waals surface area contributed by atoms with Gasteiger partial charge in [0.25, 0.3) is 11.1 Å². The summed E-state index contributed by atoms with van der Waals surface area (Å²) in [5, 5.41) is 13.2. The summed E-state index contributed by atoms with van der Waals surface area (Å²) in [6, 6.07) is 13.3. The molecule has 0 bridgehead atoms. The summed E-state index contributed by atoms with van der Waals surface area (Å²) < 4.78 is 4.66. The summed E-state index contributed by atoms with van der Waals surface area (Å²) in [5.41, 5.74) is 1.17. The first kappa shape index (κ1) is 28.7. The molecule has 0 radical (unpaired) electrons. The first-order valence-corrected chi connectivity index (χ1v) is 11.0. The molecule has 0 saturated carbocycles. The molecule has 6 aromatic rings. The number of carbonyl (C=O) groups excluding carboxylic acids is 1. The van der Waals surface area contributed by atoms with Crippen molar-refractivity contribution in [2.75, 3.05) is 7.11 Å². The van der Waals surface area contributed by atoms with Gasteiger partial charge in [0.05, 0.1) is 29.0 Å². The monoisotopic (exact) mass is 518 g/mol. The average molecular weight is 518 g/mol. The molecule has 4 N–H and O–H groups in total. The van der Waals surface area contributed by atoms with E-state index in [1.165, 1.54) is 31.6 Å². The average Bonchev–Trinajstić information content (AvgIpc) is 2.92. The molecule has 0 amide bonds. The van der Waals surface area contributed by atoms with Gasteiger partial charge in [-0.15, -0.1) is 0 Å². The summed E-state index contributed by atoms with van der Waals surface area (Å²) >= 11 is 0. The van der Waals surface area contributed by atoms with E-state index in [-0.39, 0.29) is 41.0 Å². The molecule has 2 aromatic carbocycles. The number of benzene rings is 2. The topological polar surface area (TPSA) is 185 Å². The molecule has 0 fully saturated rings. The molecule has 11 nitrogen and oxygen atoms in total. The molecule has 12 heteroatoms. The van der Waals surface area contributed by atoms with Crippen LogP contribution >= 0.6 is 0 Å². The second kappa shape index (κ2) is 11.7. The number of nitrogens with zero attached hydrogens (tertiary/aromatic N) is 2. The number of aromatic nitrogens is 4. The molecular weight excluding hydrogens is 499 g/mol. The number of fused-ring (bicyclic) bond motifs is 6. The van der Waals surface area contributed by atoms with Gasteiger partial charge in [-0.05, 0) is 47.2 Å². The third-order valence-corrected chi connectivity index (χ3v) is 5.92. The van der Waals surface area contributed by atoms with Crippen LogP contribution in [0.5, 0.6) is 0 Å². The van der Waals surface area contributed by atoms with Crippen LogP contribution in [-0.4, -0.2) is 49.6 Å². The fourth-order valence-corrected chi connectivity index (χ4v) is 4.14. The number of aromatic carboxylic acids is 1. The molecule has 4 aromatic heterocycles. The van der Waals surface area contributed by atoms with E-state index >= 15 is 0 Å². The van der Waals surface area contributed by atoms with Crippen molar-refractivity contribution in [3.05, 3.63) is 105 Å². The van der Waals surface area contributed by atoms with Crippen LogP contribution in [0.15, 0.2) is 82.9 Å². The molecule has 0 saturated heterocycles. The number of H-pyrrole nitrogens is 2. The van der Waals surface area contributed by atoms with Gasteiger partial charge in [-0.2, -0.15) is 0 Å². The fourth-order valence-electron chi connectivity index (χ4n) is 4.14. The fraction of sp³-hybridized carbons (Fsp3) is 0.0370. The van der Waals surface area contributed by atoms with Crippen molar-refractivity contribution in [1.82, 2.24) is 19.9 Å². The van der Waals surface area contributed by atoms with Gasteiger partial charge >= 0.3 is 30.8 Å². The predicted octanol–water partition coefficient (Wildman–Crippen LogP) is 0.465. The third-order valence-electron chi connectivity index (χ3n) is 5.92. The maximum absolute atomic E-state index is 11.9. The molecule has 190 valence electrons. The number of methoxy groups -OCH3 is 1. The van der Waals surface area contributed by atoms with Crippen molar-refractivity contribution < 1.29 is 43.8 Å². The Morgan fingerprint density at radius 1 is 0.718 bits per heavy atom. The molecular formula is C27H19LiN4O7. The van der Waals surface area contributed by atoms with E-state index in [0.717, 1.165) is 21.5 Å². The van der Waals surface area contributed by atoms with Crippen molar-refractivity contribution in [1.29, 1.82) is 0 Å². The maximum atomic E-state index is 11.9. The van der Waals surface area contributed by atoms with Gasteiger partial charge < -0.3 is 25.3 Å². The van der Waals surface area contributed by atoms with Gasteiger partial charge in [-0.3, -0.25) is 19.6 Å². The third kappa shape index (κ3) is 5.41. The van der Waals surface area contributed by atoms with E-state index in [9.17, 15) is 19.2 Å². The Labute approximate surface area is 231 Å². The van der Waals surface area contributed by atoms with Crippen molar-refractivity contribution in [2.24, 2.45) is 0 Å². The standard InChI is InChI=1S/C14H10N2O3.C13H8N2O3.Li.H2O/c1-19-14(18)8-2-3-10-9-4-5-15-7-11(9)13(17)16-12(10)6-8;16-12-10-6-14-4-3-8(10)9-2-1-7(13(17)18)5-11(9)15-12;;/h2-7H,1H3,(H,16,17);1-6H,(H,15,16)(H,17,18);;1H2/q;;+1;/p-1. The largest absolute Gasteiger partial charge is 1.00 e. The minimum atomic E-state index is -1.02. The zero-order chi connectivity index (χ0) is 26.1. The number of rotatable bonds is 2. The van der Waals surface area contributed by atoms with Crippen LogP contribution < -0.4 is 30.0 Å². The number of ether oxygens (including phenoxy) is 1. The van der Waals surface area contributed by atoms with Crippen LogP contribution in [0, 0.1) is 0 Å². The Balaban J connectivity index is 0.000000205. The Morgan fingerprint density at radius 3 is 1.64 bits per heavy atom. The molecule has 0 spiro atoms. The summed E-state index contributed by atoms with van der Waals surface area (Å²) in [6.45, 7) is 0. The van der Waals surface area contributed by atoms with E-state index in [0.29, 0.717) is 27.4 Å². The molecule has 0 atom stereocenters. The Morgan fingerprint density at radius 2 is 1.18 bits per heavy atom. The van der Waals surface area contributed by atoms with E-state index in [1.54, 1.807) is 48.8 Å². The normalized spacial score (nSPS) is 10.3. The first-order chi connectivity index (χ1) is 17.9. The number of hydrogen-bond acceptors (Lipinski definition) is 8. The van der Waals surface area contributed by atoms with Gasteiger partial charge in [0.15, 0.2) is 0 Å².